The van der Waals surface area contributed by atoms with Gasteiger partial charge in [-0.05, 0) is 12.1 Å². The van der Waals surface area contributed by atoms with Gasteiger partial charge in [-0.1, -0.05) is 20.8 Å². The van der Waals surface area contributed by atoms with Crippen molar-refractivity contribution in [3.8, 4) is 6.07 Å². The molecule has 1 rings (SSSR count). The highest BCUT2D eigenvalue weighted by Crippen LogP contribution is 2.16. The second-order valence-electron chi connectivity index (χ2n) is 4.25. The van der Waals surface area contributed by atoms with Crippen LogP contribution in [0.2, 0.25) is 0 Å². The lowest BCUT2D eigenvalue weighted by atomic mass is 9.96. The normalized spacial score (nSPS) is 10.5. The maximum absolute atomic E-state index is 11.6. The maximum Gasteiger partial charge on any atom is 0.230 e. The summed E-state index contributed by atoms with van der Waals surface area (Å²) in [5.74, 6) is 0.369. The van der Waals surface area contributed by atoms with Crippen LogP contribution in [0.5, 0.6) is 0 Å². The van der Waals surface area contributed by atoms with E-state index in [0.29, 0.717) is 11.4 Å². The molecular weight excluding hydrogens is 190 g/mol. The van der Waals surface area contributed by atoms with Crippen molar-refractivity contribution in [1.29, 1.82) is 5.26 Å². The van der Waals surface area contributed by atoms with Gasteiger partial charge in [-0.2, -0.15) is 5.26 Å². The smallest absolute Gasteiger partial charge is 0.230 e. The second-order valence-corrected chi connectivity index (χ2v) is 4.25. The molecule has 1 aromatic rings. The lowest BCUT2D eigenvalue weighted by Crippen LogP contribution is -2.27. The average Bonchev–Trinajstić information content (AvgIpc) is 2.17. The van der Waals surface area contributed by atoms with Crippen molar-refractivity contribution in [2.24, 2.45) is 5.41 Å². The van der Waals surface area contributed by atoms with Crippen LogP contribution in [0.4, 0.5) is 5.82 Å². The molecule has 0 saturated heterocycles. The Labute approximate surface area is 88.9 Å². The number of nitrogens with zero attached hydrogens (tertiary/aromatic N) is 2. The summed E-state index contributed by atoms with van der Waals surface area (Å²) < 4.78 is 0. The fourth-order valence-corrected chi connectivity index (χ4v) is 0.838. The van der Waals surface area contributed by atoms with Crippen molar-refractivity contribution in [1.82, 2.24) is 4.98 Å². The van der Waals surface area contributed by atoms with Gasteiger partial charge < -0.3 is 5.32 Å². The summed E-state index contributed by atoms with van der Waals surface area (Å²) in [4.78, 5) is 15.5. The van der Waals surface area contributed by atoms with Crippen LogP contribution in [0.1, 0.15) is 26.3 Å². The van der Waals surface area contributed by atoms with Crippen LogP contribution >= 0.6 is 0 Å². The number of hydrogen-bond donors (Lipinski definition) is 1. The minimum Gasteiger partial charge on any atom is -0.310 e. The number of nitriles is 1. The number of anilines is 1. The molecular formula is C11H13N3O. The molecule has 4 heteroatoms. The quantitative estimate of drug-likeness (QED) is 0.758. The molecule has 0 atom stereocenters. The molecule has 0 fully saturated rings. The number of hydrogen-bond acceptors (Lipinski definition) is 3. The van der Waals surface area contributed by atoms with Crippen LogP contribution in [0.15, 0.2) is 18.3 Å². The fourth-order valence-electron chi connectivity index (χ4n) is 0.838. The van der Waals surface area contributed by atoms with E-state index in [1.165, 1.54) is 6.20 Å². The molecule has 4 nitrogen and oxygen atoms in total. The van der Waals surface area contributed by atoms with E-state index in [4.69, 9.17) is 5.26 Å². The highest BCUT2D eigenvalue weighted by atomic mass is 16.2. The van der Waals surface area contributed by atoms with Crippen LogP contribution in [-0.2, 0) is 4.79 Å². The average molecular weight is 203 g/mol. The predicted molar refractivity (Wildman–Crippen MR) is 57.0 cm³/mol. The molecule has 0 radical (unpaired) electrons. The first-order valence-electron chi connectivity index (χ1n) is 4.61. The summed E-state index contributed by atoms with van der Waals surface area (Å²) in [7, 11) is 0. The van der Waals surface area contributed by atoms with Crippen molar-refractivity contribution in [2.45, 2.75) is 20.8 Å². The molecule has 0 spiro atoms. The zero-order valence-electron chi connectivity index (χ0n) is 9.03. The van der Waals surface area contributed by atoms with Gasteiger partial charge in [0, 0.05) is 11.6 Å². The molecule has 78 valence electrons. The highest BCUT2D eigenvalue weighted by Gasteiger charge is 2.21. The molecule has 0 bridgehead atoms. The van der Waals surface area contributed by atoms with E-state index in [1.54, 1.807) is 12.1 Å². The molecule has 0 aromatic carbocycles. The summed E-state index contributed by atoms with van der Waals surface area (Å²) in [6.45, 7) is 5.48. The van der Waals surface area contributed by atoms with Crippen LogP contribution in [-0.4, -0.2) is 10.9 Å². The van der Waals surface area contributed by atoms with Crippen molar-refractivity contribution in [3.05, 3.63) is 23.9 Å². The van der Waals surface area contributed by atoms with E-state index in [9.17, 15) is 4.79 Å². The van der Waals surface area contributed by atoms with Crippen molar-refractivity contribution >= 4 is 11.7 Å². The monoisotopic (exact) mass is 203 g/mol. The summed E-state index contributed by atoms with van der Waals surface area (Å²) in [6, 6.07) is 5.19. The third-order valence-electron chi connectivity index (χ3n) is 1.82. The fraction of sp³-hybridized carbons (Fsp3) is 0.364. The number of amides is 1. The zero-order valence-corrected chi connectivity index (χ0v) is 9.03. The predicted octanol–water partition coefficient (Wildman–Crippen LogP) is 1.94. The molecule has 1 aromatic heterocycles. The summed E-state index contributed by atoms with van der Waals surface area (Å²) in [5.41, 5.74) is 0.0269. The lowest BCUT2D eigenvalue weighted by molar-refractivity contribution is -0.123. The Hall–Kier alpha value is -1.89. The number of carbonyl (C=O) groups is 1. The van der Waals surface area contributed by atoms with Gasteiger partial charge in [0.05, 0.1) is 5.56 Å². The van der Waals surface area contributed by atoms with Crippen LogP contribution in [0, 0.1) is 16.7 Å². The maximum atomic E-state index is 11.6. The van der Waals surface area contributed by atoms with E-state index < -0.39 is 5.41 Å². The van der Waals surface area contributed by atoms with Crippen molar-refractivity contribution < 1.29 is 4.79 Å². The second kappa shape index (κ2) is 4.09. The minimum atomic E-state index is -0.449. The lowest BCUT2D eigenvalue weighted by Gasteiger charge is -2.16. The van der Waals surface area contributed by atoms with Gasteiger partial charge in [0.1, 0.15) is 11.9 Å². The molecule has 1 amide bonds. The number of aromatic nitrogens is 1. The van der Waals surface area contributed by atoms with Gasteiger partial charge >= 0.3 is 0 Å². The largest absolute Gasteiger partial charge is 0.310 e. The molecule has 0 aliphatic heterocycles. The van der Waals surface area contributed by atoms with Gasteiger partial charge in [-0.25, -0.2) is 4.98 Å². The molecule has 0 unspecified atom stereocenters. The standard InChI is InChI=1S/C11H13N3O/c1-11(2,3)10(15)14-9-5-4-8(6-12)7-13-9/h4-5,7H,1-3H3,(H,13,14,15). The van der Waals surface area contributed by atoms with Crippen LogP contribution < -0.4 is 5.32 Å². The van der Waals surface area contributed by atoms with Crippen LogP contribution in [0.25, 0.3) is 0 Å². The Balaban J connectivity index is 2.75. The van der Waals surface area contributed by atoms with Gasteiger partial charge in [-0.15, -0.1) is 0 Å². The Morgan fingerprint density at radius 2 is 2.13 bits per heavy atom. The number of nitrogens with one attached hydrogen (secondary N) is 1. The Morgan fingerprint density at radius 1 is 1.47 bits per heavy atom. The van der Waals surface area contributed by atoms with Crippen molar-refractivity contribution in [3.63, 3.8) is 0 Å². The van der Waals surface area contributed by atoms with E-state index in [-0.39, 0.29) is 5.91 Å². The Bertz CT molecular complexity index is 395. The third-order valence-corrected chi connectivity index (χ3v) is 1.82. The first kappa shape index (κ1) is 11.2. The summed E-state index contributed by atoms with van der Waals surface area (Å²) in [6.07, 6.45) is 1.43. The number of rotatable bonds is 1. The Morgan fingerprint density at radius 3 is 2.53 bits per heavy atom. The number of pyridine rings is 1. The Kier molecular flexibility index (Phi) is 3.05. The van der Waals surface area contributed by atoms with E-state index in [1.807, 2.05) is 26.8 Å². The zero-order chi connectivity index (χ0) is 11.5. The first-order chi connectivity index (χ1) is 6.93. The van der Waals surface area contributed by atoms with Gasteiger partial charge in [0.2, 0.25) is 5.91 Å². The summed E-state index contributed by atoms with van der Waals surface area (Å²) in [5, 5.41) is 11.2. The van der Waals surface area contributed by atoms with Gasteiger partial charge in [0.25, 0.3) is 0 Å². The van der Waals surface area contributed by atoms with E-state index in [0.717, 1.165) is 0 Å². The van der Waals surface area contributed by atoms with Crippen molar-refractivity contribution in [2.75, 3.05) is 5.32 Å². The summed E-state index contributed by atoms with van der Waals surface area (Å²) >= 11 is 0. The van der Waals surface area contributed by atoms with E-state index in [2.05, 4.69) is 10.3 Å². The highest BCUT2D eigenvalue weighted by molar-refractivity contribution is 5.93. The molecule has 1 heterocycles. The molecule has 0 aliphatic rings. The SMILES string of the molecule is CC(C)(C)C(=O)Nc1ccc(C#N)cn1. The molecule has 0 saturated carbocycles. The van der Waals surface area contributed by atoms with Gasteiger partial charge in [-0.3, -0.25) is 4.79 Å². The molecule has 15 heavy (non-hydrogen) atoms. The van der Waals surface area contributed by atoms with Gasteiger partial charge in [0.15, 0.2) is 0 Å². The first-order valence-corrected chi connectivity index (χ1v) is 4.61. The minimum absolute atomic E-state index is 0.0975. The third kappa shape index (κ3) is 3.06. The topological polar surface area (TPSA) is 65.8 Å². The van der Waals surface area contributed by atoms with Crippen LogP contribution in [0.3, 0.4) is 0 Å². The molecule has 1 N–H and O–H groups in total. The molecule has 0 aliphatic carbocycles. The number of carbonyl (C=O) groups excluding carboxylic acids is 1. The van der Waals surface area contributed by atoms with E-state index >= 15 is 0 Å².